The second-order valence-corrected chi connectivity index (χ2v) is 9.01. The van der Waals surface area contributed by atoms with Gasteiger partial charge in [-0.2, -0.15) is 24.9 Å². The van der Waals surface area contributed by atoms with Crippen LogP contribution in [0.4, 0.5) is 22.0 Å². The Hall–Kier alpha value is -2.39. The van der Waals surface area contributed by atoms with Crippen LogP contribution < -0.4 is 4.74 Å². The van der Waals surface area contributed by atoms with Crippen LogP contribution in [0.5, 0.6) is 5.75 Å². The number of aryl methyl sites for hydroxylation is 1. The molecule has 3 rings (SSSR count). The summed E-state index contributed by atoms with van der Waals surface area (Å²) in [6.07, 6.45) is -5.43. The maximum atomic E-state index is 15.2. The van der Waals surface area contributed by atoms with Gasteiger partial charge in [0.2, 0.25) is 0 Å². The van der Waals surface area contributed by atoms with Gasteiger partial charge in [0.05, 0.1) is 12.6 Å². The lowest BCUT2D eigenvalue weighted by Crippen LogP contribution is -2.53. The van der Waals surface area contributed by atoms with E-state index in [-0.39, 0.29) is 6.42 Å². The third-order valence-electron chi connectivity index (χ3n) is 5.64. The van der Waals surface area contributed by atoms with E-state index in [1.807, 2.05) is 0 Å². The second kappa shape index (κ2) is 9.85. The summed E-state index contributed by atoms with van der Waals surface area (Å²) in [5.41, 5.74) is -1.99. The molecule has 0 fully saturated rings. The predicted octanol–water partition coefficient (Wildman–Crippen LogP) is 6.20. The molecule has 2 atom stereocenters. The van der Waals surface area contributed by atoms with E-state index in [4.69, 9.17) is 4.74 Å². The molecule has 3 aromatic rings. The molecule has 9 heteroatoms. The van der Waals surface area contributed by atoms with E-state index in [9.17, 15) is 22.7 Å². The first-order valence-electron chi connectivity index (χ1n) is 10.3. The summed E-state index contributed by atoms with van der Waals surface area (Å²) in [5.74, 6) is -5.25. The van der Waals surface area contributed by atoms with Crippen molar-refractivity contribution >= 4 is 22.7 Å². The molecule has 2 aromatic carbocycles. The van der Waals surface area contributed by atoms with Gasteiger partial charge in [0, 0.05) is 22.8 Å². The molecular weight excluding hydrogens is 461 g/mol. The van der Waals surface area contributed by atoms with Crippen LogP contribution in [0.3, 0.4) is 0 Å². The van der Waals surface area contributed by atoms with E-state index in [1.165, 1.54) is 0 Å². The Labute approximate surface area is 193 Å². The lowest BCUT2D eigenvalue weighted by atomic mass is 9.77. The van der Waals surface area contributed by atoms with Gasteiger partial charge in [0.25, 0.3) is 0 Å². The monoisotopic (exact) mass is 485 g/mol. The number of ether oxygens (including phenoxy) is 1. The minimum absolute atomic E-state index is 0.317. The van der Waals surface area contributed by atoms with Gasteiger partial charge in [-0.05, 0) is 48.4 Å². The number of thioether (sulfide) groups is 1. The Kier molecular flexibility index (Phi) is 7.53. The van der Waals surface area contributed by atoms with Gasteiger partial charge in [0.15, 0.2) is 23.0 Å². The molecule has 0 radical (unpaired) electrons. The summed E-state index contributed by atoms with van der Waals surface area (Å²) in [5, 5.41) is 11.7. The van der Waals surface area contributed by atoms with E-state index in [2.05, 4.69) is 4.98 Å². The number of pyridine rings is 1. The maximum Gasteiger partial charge on any atom is 0.418 e. The summed E-state index contributed by atoms with van der Waals surface area (Å²) in [6, 6.07) is 10.3. The quantitative estimate of drug-likeness (QED) is 0.386. The molecular formula is C24H24F5NO2S. The Morgan fingerprint density at radius 2 is 1.82 bits per heavy atom. The van der Waals surface area contributed by atoms with Gasteiger partial charge in [0.1, 0.15) is 0 Å². The fourth-order valence-electron chi connectivity index (χ4n) is 3.90. The highest BCUT2D eigenvalue weighted by Crippen LogP contribution is 2.47. The minimum Gasteiger partial charge on any atom is -0.491 e. The Morgan fingerprint density at radius 3 is 2.45 bits per heavy atom. The minimum atomic E-state index is -5.08. The average molecular weight is 486 g/mol. The van der Waals surface area contributed by atoms with Gasteiger partial charge >= 0.3 is 6.18 Å². The zero-order valence-electron chi connectivity index (χ0n) is 18.3. The van der Waals surface area contributed by atoms with Gasteiger partial charge in [-0.1, -0.05) is 31.2 Å². The van der Waals surface area contributed by atoms with E-state index < -0.39 is 46.4 Å². The third kappa shape index (κ3) is 4.94. The highest BCUT2D eigenvalue weighted by atomic mass is 32.2. The van der Waals surface area contributed by atoms with Crippen LogP contribution in [-0.4, -0.2) is 40.5 Å². The lowest BCUT2D eigenvalue weighted by Gasteiger charge is -2.38. The topological polar surface area (TPSA) is 42.4 Å². The standard InChI is InChI=1S/C24H24F5NO2S/c1-4-33-13-23(31,24(27,28)29)18(17-10-11-19(25)22(32-3)21(17)26)12-15-6-5-7-20-16(15)9-8-14(2)30-20/h5-11,18,31H,4,12-13H2,1-3H3. The number of halogens is 5. The second-order valence-electron chi connectivity index (χ2n) is 7.74. The summed E-state index contributed by atoms with van der Waals surface area (Å²) in [6.45, 7) is 3.45. The van der Waals surface area contributed by atoms with Crippen molar-refractivity contribution in [2.75, 3.05) is 18.6 Å². The number of rotatable bonds is 8. The van der Waals surface area contributed by atoms with Crippen molar-refractivity contribution in [3.05, 3.63) is 70.9 Å². The first-order chi connectivity index (χ1) is 15.5. The van der Waals surface area contributed by atoms with E-state index >= 15 is 4.39 Å². The number of hydrogen-bond acceptors (Lipinski definition) is 4. The lowest BCUT2D eigenvalue weighted by molar-refractivity contribution is -0.259. The maximum absolute atomic E-state index is 15.2. The molecule has 1 N–H and O–H groups in total. The molecule has 0 aliphatic carbocycles. The van der Waals surface area contributed by atoms with Crippen LogP contribution in [0, 0.1) is 18.6 Å². The van der Waals surface area contributed by atoms with E-state index in [0.717, 1.165) is 36.7 Å². The summed E-state index contributed by atoms with van der Waals surface area (Å²) in [4.78, 5) is 4.40. The summed E-state index contributed by atoms with van der Waals surface area (Å²) < 4.78 is 77.0. The van der Waals surface area contributed by atoms with Gasteiger partial charge in [-0.3, -0.25) is 4.98 Å². The fourth-order valence-corrected chi connectivity index (χ4v) is 4.78. The first-order valence-corrected chi connectivity index (χ1v) is 11.4. The van der Waals surface area contributed by atoms with Crippen molar-refractivity contribution in [2.24, 2.45) is 0 Å². The van der Waals surface area contributed by atoms with Gasteiger partial charge in [-0.25, -0.2) is 8.78 Å². The van der Waals surface area contributed by atoms with E-state index in [1.54, 1.807) is 44.2 Å². The van der Waals surface area contributed by atoms with Crippen LogP contribution >= 0.6 is 11.8 Å². The molecule has 178 valence electrons. The SMILES string of the molecule is CCSCC(O)(C(Cc1cccc2nc(C)ccc12)c1ccc(F)c(OC)c1F)C(F)(F)F. The van der Waals surface area contributed by atoms with E-state index in [0.29, 0.717) is 22.2 Å². The number of methoxy groups -OCH3 is 1. The molecule has 0 saturated carbocycles. The van der Waals surface area contributed by atoms with Crippen LogP contribution in [0.15, 0.2) is 42.5 Å². The highest BCUT2D eigenvalue weighted by molar-refractivity contribution is 7.99. The normalized spacial score (nSPS) is 14.8. The largest absolute Gasteiger partial charge is 0.491 e. The smallest absolute Gasteiger partial charge is 0.418 e. The average Bonchev–Trinajstić information content (AvgIpc) is 2.75. The molecule has 0 aliphatic heterocycles. The van der Waals surface area contributed by atoms with Crippen molar-refractivity contribution in [2.45, 2.75) is 38.0 Å². The fraction of sp³-hybridized carbons (Fsp3) is 0.375. The number of alkyl halides is 3. The van der Waals surface area contributed by atoms with Crippen molar-refractivity contribution in [1.29, 1.82) is 0 Å². The molecule has 33 heavy (non-hydrogen) atoms. The highest BCUT2D eigenvalue weighted by Gasteiger charge is 2.59. The van der Waals surface area contributed by atoms with Crippen LogP contribution in [0.25, 0.3) is 10.9 Å². The van der Waals surface area contributed by atoms with Gasteiger partial charge in [-0.15, -0.1) is 0 Å². The van der Waals surface area contributed by atoms with Crippen LogP contribution in [0.1, 0.15) is 29.7 Å². The Balaban J connectivity index is 2.25. The number of aliphatic hydroxyl groups is 1. The molecule has 0 bridgehead atoms. The molecule has 0 aliphatic rings. The number of hydrogen-bond donors (Lipinski definition) is 1. The Bertz CT molecular complexity index is 1140. The van der Waals surface area contributed by atoms with Crippen molar-refractivity contribution < 1.29 is 31.8 Å². The summed E-state index contributed by atoms with van der Waals surface area (Å²) in [7, 11) is 1.03. The third-order valence-corrected chi connectivity index (χ3v) is 6.69. The van der Waals surface area contributed by atoms with Crippen LogP contribution in [0.2, 0.25) is 0 Å². The molecule has 0 saturated heterocycles. The van der Waals surface area contributed by atoms with Crippen molar-refractivity contribution in [1.82, 2.24) is 4.98 Å². The zero-order chi connectivity index (χ0) is 24.4. The molecule has 3 nitrogen and oxygen atoms in total. The molecule has 1 heterocycles. The number of aromatic nitrogens is 1. The van der Waals surface area contributed by atoms with Crippen LogP contribution in [-0.2, 0) is 6.42 Å². The van der Waals surface area contributed by atoms with Crippen molar-refractivity contribution in [3.8, 4) is 5.75 Å². The zero-order valence-corrected chi connectivity index (χ0v) is 19.2. The predicted molar refractivity (Wildman–Crippen MR) is 120 cm³/mol. The first kappa shape index (κ1) is 25.2. The Morgan fingerprint density at radius 1 is 1.09 bits per heavy atom. The number of fused-ring (bicyclic) bond motifs is 1. The number of nitrogens with zero attached hydrogens (tertiary/aromatic N) is 1. The van der Waals surface area contributed by atoms with Crippen molar-refractivity contribution in [3.63, 3.8) is 0 Å². The molecule has 0 spiro atoms. The van der Waals surface area contributed by atoms with Gasteiger partial charge < -0.3 is 9.84 Å². The molecule has 1 aromatic heterocycles. The summed E-state index contributed by atoms with van der Waals surface area (Å²) >= 11 is 0.890. The molecule has 2 unspecified atom stereocenters. The molecule has 0 amide bonds. The number of benzene rings is 2.